The van der Waals surface area contributed by atoms with E-state index in [0.29, 0.717) is 13.1 Å². The van der Waals surface area contributed by atoms with Crippen molar-refractivity contribution in [2.45, 2.75) is 6.04 Å². The number of amides is 1. The minimum absolute atomic E-state index is 0.0500. The summed E-state index contributed by atoms with van der Waals surface area (Å²) in [5.41, 5.74) is 13.1. The summed E-state index contributed by atoms with van der Waals surface area (Å²) in [6, 6.07) is 5.68. The number of carbonyl (C=O) groups excluding carboxylic acids is 1. The molecule has 1 aliphatic heterocycles. The molecule has 0 radical (unpaired) electrons. The van der Waals surface area contributed by atoms with Gasteiger partial charge in [0.1, 0.15) is 5.75 Å². The molecule has 6 nitrogen and oxygen atoms in total. The van der Waals surface area contributed by atoms with Crippen molar-refractivity contribution in [3.63, 3.8) is 0 Å². The van der Waals surface area contributed by atoms with Crippen molar-refractivity contribution in [3.05, 3.63) is 18.2 Å². The Morgan fingerprint density at radius 1 is 1.53 bits per heavy atom. The van der Waals surface area contributed by atoms with E-state index >= 15 is 0 Å². The summed E-state index contributed by atoms with van der Waals surface area (Å²) in [6.07, 6.45) is 0. The summed E-state index contributed by atoms with van der Waals surface area (Å²) in [7, 11) is 3.70. The lowest BCUT2D eigenvalue weighted by Crippen LogP contribution is -2.40. The molecule has 1 aliphatic rings. The SMILES string of the molecule is CN(CC(N)CN)c1ccc2c(c1)N(C)C(=O)CO2. The standard InChI is InChI=1S/C13H20N4O2/c1-16(7-9(15)6-14)10-3-4-12-11(5-10)17(2)13(18)8-19-12/h3-5,9H,6-8,14-15H2,1-2H3. The van der Waals surface area contributed by atoms with E-state index in [9.17, 15) is 4.79 Å². The third-order valence-corrected chi connectivity index (χ3v) is 3.28. The number of nitrogens with two attached hydrogens (primary N) is 2. The number of rotatable bonds is 4. The topological polar surface area (TPSA) is 84.8 Å². The maximum atomic E-state index is 11.6. The summed E-state index contributed by atoms with van der Waals surface area (Å²) in [5, 5.41) is 0. The second-order valence-corrected chi connectivity index (χ2v) is 4.77. The van der Waals surface area contributed by atoms with Crippen LogP contribution >= 0.6 is 0 Å². The van der Waals surface area contributed by atoms with Crippen molar-refractivity contribution in [2.75, 3.05) is 43.6 Å². The molecular formula is C13H20N4O2. The number of benzene rings is 1. The minimum atomic E-state index is -0.0726. The van der Waals surface area contributed by atoms with E-state index in [4.69, 9.17) is 16.2 Å². The highest BCUT2D eigenvalue weighted by Gasteiger charge is 2.22. The van der Waals surface area contributed by atoms with E-state index in [-0.39, 0.29) is 18.6 Å². The number of likely N-dealkylation sites (N-methyl/N-ethyl adjacent to an activating group) is 2. The molecule has 1 aromatic carbocycles. The van der Waals surface area contributed by atoms with Gasteiger partial charge in [0.15, 0.2) is 6.61 Å². The largest absolute Gasteiger partial charge is 0.482 e. The lowest BCUT2D eigenvalue weighted by molar-refractivity contribution is -0.120. The number of hydrogen-bond acceptors (Lipinski definition) is 5. The molecule has 1 aromatic rings. The van der Waals surface area contributed by atoms with Gasteiger partial charge in [-0.25, -0.2) is 0 Å². The Morgan fingerprint density at radius 3 is 2.95 bits per heavy atom. The fraction of sp³-hybridized carbons (Fsp3) is 0.462. The predicted molar refractivity (Wildman–Crippen MR) is 75.6 cm³/mol. The van der Waals surface area contributed by atoms with Gasteiger partial charge in [-0.2, -0.15) is 0 Å². The highest BCUT2D eigenvalue weighted by Crippen LogP contribution is 2.34. The molecule has 0 bridgehead atoms. The number of nitrogens with zero attached hydrogens (tertiary/aromatic N) is 2. The van der Waals surface area contributed by atoms with Gasteiger partial charge in [-0.1, -0.05) is 0 Å². The van der Waals surface area contributed by atoms with Gasteiger partial charge in [0.2, 0.25) is 0 Å². The molecule has 1 amide bonds. The normalized spacial score (nSPS) is 15.8. The van der Waals surface area contributed by atoms with Crippen LogP contribution in [0.25, 0.3) is 0 Å². The third kappa shape index (κ3) is 2.80. The molecule has 6 heteroatoms. The first-order chi connectivity index (χ1) is 9.02. The fourth-order valence-corrected chi connectivity index (χ4v) is 2.03. The summed E-state index contributed by atoms with van der Waals surface area (Å²) in [6.45, 7) is 1.20. The van der Waals surface area contributed by atoms with Gasteiger partial charge in [0.25, 0.3) is 5.91 Å². The molecule has 0 aromatic heterocycles. The number of ether oxygens (including phenoxy) is 1. The van der Waals surface area contributed by atoms with Crippen molar-refractivity contribution in [2.24, 2.45) is 11.5 Å². The molecular weight excluding hydrogens is 244 g/mol. The Labute approximate surface area is 112 Å². The first-order valence-corrected chi connectivity index (χ1v) is 6.23. The molecule has 0 spiro atoms. The summed E-state index contributed by atoms with van der Waals surface area (Å²) in [5.74, 6) is 0.674. The molecule has 1 atom stereocenters. The summed E-state index contributed by atoms with van der Waals surface area (Å²) in [4.78, 5) is 15.2. The van der Waals surface area contributed by atoms with Gasteiger partial charge < -0.3 is 26.0 Å². The Hall–Kier alpha value is -1.79. The van der Waals surface area contributed by atoms with Crippen LogP contribution in [0.3, 0.4) is 0 Å². The zero-order chi connectivity index (χ0) is 14.0. The van der Waals surface area contributed by atoms with Crippen molar-refractivity contribution in [1.29, 1.82) is 0 Å². The predicted octanol–water partition coefficient (Wildman–Crippen LogP) is -0.236. The molecule has 1 heterocycles. The van der Waals surface area contributed by atoms with Crippen molar-refractivity contribution in [3.8, 4) is 5.75 Å². The molecule has 19 heavy (non-hydrogen) atoms. The van der Waals surface area contributed by atoms with Crippen LogP contribution in [0.1, 0.15) is 0 Å². The summed E-state index contributed by atoms with van der Waals surface area (Å²) >= 11 is 0. The van der Waals surface area contributed by atoms with E-state index in [1.807, 2.05) is 30.1 Å². The Kier molecular flexibility index (Phi) is 3.92. The lowest BCUT2D eigenvalue weighted by atomic mass is 10.2. The third-order valence-electron chi connectivity index (χ3n) is 3.28. The average molecular weight is 264 g/mol. The van der Waals surface area contributed by atoms with Crippen LogP contribution in [0.4, 0.5) is 11.4 Å². The molecule has 0 fully saturated rings. The van der Waals surface area contributed by atoms with Crippen LogP contribution in [-0.2, 0) is 4.79 Å². The molecule has 0 saturated carbocycles. The second-order valence-electron chi connectivity index (χ2n) is 4.77. The van der Waals surface area contributed by atoms with Gasteiger partial charge in [-0.05, 0) is 18.2 Å². The number of fused-ring (bicyclic) bond motifs is 1. The minimum Gasteiger partial charge on any atom is -0.482 e. The molecule has 0 saturated heterocycles. The quantitative estimate of drug-likeness (QED) is 0.784. The van der Waals surface area contributed by atoms with Gasteiger partial charge in [0.05, 0.1) is 5.69 Å². The van der Waals surface area contributed by atoms with Crippen LogP contribution in [0.5, 0.6) is 5.75 Å². The second kappa shape index (κ2) is 5.46. The first kappa shape index (κ1) is 13.6. The van der Waals surface area contributed by atoms with E-state index in [2.05, 4.69) is 0 Å². The van der Waals surface area contributed by atoms with Crippen molar-refractivity contribution < 1.29 is 9.53 Å². The molecule has 2 rings (SSSR count). The van der Waals surface area contributed by atoms with Gasteiger partial charge in [0, 0.05) is 38.9 Å². The number of anilines is 2. The van der Waals surface area contributed by atoms with E-state index in [1.54, 1.807) is 11.9 Å². The monoisotopic (exact) mass is 264 g/mol. The number of carbonyl (C=O) groups is 1. The van der Waals surface area contributed by atoms with E-state index in [1.165, 1.54) is 0 Å². The van der Waals surface area contributed by atoms with Crippen LogP contribution in [0, 0.1) is 0 Å². The Bertz CT molecular complexity index is 478. The maximum absolute atomic E-state index is 11.6. The van der Waals surface area contributed by atoms with Gasteiger partial charge >= 0.3 is 0 Å². The lowest BCUT2D eigenvalue weighted by Gasteiger charge is -2.29. The van der Waals surface area contributed by atoms with Crippen LogP contribution in [-0.4, -0.2) is 45.7 Å². The highest BCUT2D eigenvalue weighted by atomic mass is 16.5. The van der Waals surface area contributed by atoms with E-state index in [0.717, 1.165) is 17.1 Å². The maximum Gasteiger partial charge on any atom is 0.264 e. The zero-order valence-corrected chi connectivity index (χ0v) is 11.3. The molecule has 4 N–H and O–H groups in total. The molecule has 0 aliphatic carbocycles. The smallest absolute Gasteiger partial charge is 0.264 e. The van der Waals surface area contributed by atoms with Crippen LogP contribution in [0.2, 0.25) is 0 Å². The molecule has 1 unspecified atom stereocenters. The van der Waals surface area contributed by atoms with E-state index < -0.39 is 0 Å². The summed E-state index contributed by atoms with van der Waals surface area (Å²) < 4.78 is 5.39. The fourth-order valence-electron chi connectivity index (χ4n) is 2.03. The van der Waals surface area contributed by atoms with Crippen molar-refractivity contribution in [1.82, 2.24) is 0 Å². The number of hydrogen-bond donors (Lipinski definition) is 2. The van der Waals surface area contributed by atoms with Crippen LogP contribution in [0.15, 0.2) is 18.2 Å². The van der Waals surface area contributed by atoms with Gasteiger partial charge in [-0.15, -0.1) is 0 Å². The molecule has 104 valence electrons. The van der Waals surface area contributed by atoms with Crippen molar-refractivity contribution >= 4 is 17.3 Å². The van der Waals surface area contributed by atoms with Gasteiger partial charge in [-0.3, -0.25) is 4.79 Å². The van der Waals surface area contributed by atoms with Crippen LogP contribution < -0.4 is 26.0 Å². The highest BCUT2D eigenvalue weighted by molar-refractivity contribution is 5.97. The zero-order valence-electron chi connectivity index (χ0n) is 11.3. The first-order valence-electron chi connectivity index (χ1n) is 6.23. The Balaban J connectivity index is 2.22. The average Bonchev–Trinajstić information content (AvgIpc) is 2.42. The Morgan fingerprint density at radius 2 is 2.26 bits per heavy atom.